The van der Waals surface area contributed by atoms with Gasteiger partial charge in [0.15, 0.2) is 0 Å². The molecule has 142 valence electrons. The van der Waals surface area contributed by atoms with Crippen LogP contribution in [-0.4, -0.2) is 84.7 Å². The van der Waals surface area contributed by atoms with Crippen molar-refractivity contribution in [2.75, 3.05) is 64.1 Å². The Morgan fingerprint density at radius 3 is 2.38 bits per heavy atom. The minimum absolute atomic E-state index is 0.371. The quantitative estimate of drug-likeness (QED) is 0.838. The first-order chi connectivity index (χ1) is 12.7. The monoisotopic (exact) mass is 360 g/mol. The van der Waals surface area contributed by atoms with Crippen LogP contribution in [0.2, 0.25) is 0 Å². The molecule has 0 bridgehead atoms. The summed E-state index contributed by atoms with van der Waals surface area (Å²) in [7, 11) is 0. The lowest BCUT2D eigenvalue weighted by molar-refractivity contribution is -0.0719. The molecule has 1 aromatic heterocycles. The molecule has 0 amide bonds. The predicted octanol–water partition coefficient (Wildman–Crippen LogP) is 0.500. The normalized spacial score (nSPS) is 31.8. The highest BCUT2D eigenvalue weighted by Gasteiger charge is 2.43. The number of ether oxygens (including phenoxy) is 2. The number of aromatic nitrogens is 2. The number of β-amino-alcohol motifs (C(OH)–C–C–N with tert-alkyl or cyclic N) is 1. The molecule has 4 aliphatic rings. The van der Waals surface area contributed by atoms with E-state index in [-0.39, 0.29) is 0 Å². The van der Waals surface area contributed by atoms with Crippen LogP contribution in [0.5, 0.6) is 0 Å². The average molecular weight is 360 g/mol. The molecule has 4 fully saturated rings. The second-order valence-electron chi connectivity index (χ2n) is 8.52. The number of hydrogen-bond acceptors (Lipinski definition) is 7. The van der Waals surface area contributed by atoms with Crippen molar-refractivity contribution in [3.63, 3.8) is 0 Å². The second-order valence-corrected chi connectivity index (χ2v) is 8.52. The Morgan fingerprint density at radius 2 is 1.73 bits per heavy atom. The fourth-order valence-corrected chi connectivity index (χ4v) is 4.73. The van der Waals surface area contributed by atoms with Gasteiger partial charge in [-0.3, -0.25) is 4.90 Å². The fraction of sp³-hybridized carbons (Fsp3) is 0.789. The van der Waals surface area contributed by atoms with Gasteiger partial charge in [0.1, 0.15) is 17.7 Å². The summed E-state index contributed by atoms with van der Waals surface area (Å²) in [6.07, 6.45) is 4.27. The summed E-state index contributed by atoms with van der Waals surface area (Å²) in [6, 6.07) is 2.19. The zero-order valence-corrected chi connectivity index (χ0v) is 15.2. The van der Waals surface area contributed by atoms with E-state index in [2.05, 4.69) is 25.8 Å². The Balaban J connectivity index is 1.19. The minimum atomic E-state index is -0.874. The van der Waals surface area contributed by atoms with Crippen LogP contribution in [0.1, 0.15) is 24.5 Å². The second kappa shape index (κ2) is 6.71. The Kier molecular flexibility index (Phi) is 4.35. The van der Waals surface area contributed by atoms with Crippen LogP contribution in [0.15, 0.2) is 12.4 Å². The van der Waals surface area contributed by atoms with Crippen molar-refractivity contribution in [2.24, 2.45) is 11.8 Å². The van der Waals surface area contributed by atoms with Crippen LogP contribution >= 0.6 is 0 Å². The Bertz CT molecular complexity index is 631. The van der Waals surface area contributed by atoms with Crippen LogP contribution in [0.4, 0.5) is 5.82 Å². The third kappa shape index (κ3) is 3.45. The Labute approximate surface area is 154 Å². The molecule has 7 heteroatoms. The summed E-state index contributed by atoms with van der Waals surface area (Å²) < 4.78 is 11.0. The summed E-state index contributed by atoms with van der Waals surface area (Å²) in [5, 5.41) is 10.8. The molecule has 1 saturated carbocycles. The molecule has 7 nitrogen and oxygen atoms in total. The van der Waals surface area contributed by atoms with Crippen molar-refractivity contribution < 1.29 is 14.6 Å². The van der Waals surface area contributed by atoms with Crippen LogP contribution in [0.3, 0.4) is 0 Å². The molecule has 1 aromatic rings. The average Bonchev–Trinajstić information content (AvgIpc) is 3.35. The van der Waals surface area contributed by atoms with Crippen molar-refractivity contribution in [1.82, 2.24) is 14.9 Å². The van der Waals surface area contributed by atoms with Crippen LogP contribution < -0.4 is 4.90 Å². The van der Waals surface area contributed by atoms with E-state index in [0.717, 1.165) is 32.0 Å². The number of nitrogens with zero attached hydrogens (tertiary/aromatic N) is 4. The van der Waals surface area contributed by atoms with E-state index in [1.807, 2.05) is 0 Å². The third-order valence-corrected chi connectivity index (χ3v) is 6.19. The lowest BCUT2D eigenvalue weighted by Gasteiger charge is -2.31. The molecule has 0 spiro atoms. The molecule has 2 atom stereocenters. The van der Waals surface area contributed by atoms with Gasteiger partial charge in [-0.2, -0.15) is 0 Å². The van der Waals surface area contributed by atoms with Crippen LogP contribution in [0, 0.1) is 11.8 Å². The largest absolute Gasteiger partial charge is 0.384 e. The summed E-state index contributed by atoms with van der Waals surface area (Å²) in [6.45, 7) is 6.69. The number of anilines is 1. The SMILES string of the molecule is OC1(CN2CC3CN(c4cc(C5CC5)ncn4)CC3C2)COCCOC1. The van der Waals surface area contributed by atoms with Gasteiger partial charge >= 0.3 is 0 Å². The molecular weight excluding hydrogens is 332 g/mol. The first kappa shape index (κ1) is 16.9. The van der Waals surface area contributed by atoms with E-state index >= 15 is 0 Å². The molecule has 5 rings (SSSR count). The van der Waals surface area contributed by atoms with E-state index in [0.29, 0.717) is 50.7 Å². The smallest absolute Gasteiger partial charge is 0.132 e. The molecule has 1 N–H and O–H groups in total. The third-order valence-electron chi connectivity index (χ3n) is 6.19. The summed E-state index contributed by atoms with van der Waals surface area (Å²) in [5.41, 5.74) is 0.338. The highest BCUT2D eigenvalue weighted by atomic mass is 16.6. The van der Waals surface area contributed by atoms with Gasteiger partial charge in [-0.1, -0.05) is 0 Å². The molecule has 0 radical (unpaired) electrons. The van der Waals surface area contributed by atoms with Crippen molar-refractivity contribution in [3.8, 4) is 0 Å². The first-order valence-corrected chi connectivity index (χ1v) is 9.86. The van der Waals surface area contributed by atoms with Gasteiger partial charge in [-0.15, -0.1) is 0 Å². The zero-order valence-electron chi connectivity index (χ0n) is 15.2. The number of aliphatic hydroxyl groups is 1. The van der Waals surface area contributed by atoms with E-state index in [1.54, 1.807) is 6.33 Å². The van der Waals surface area contributed by atoms with Gasteiger partial charge in [0, 0.05) is 50.4 Å². The van der Waals surface area contributed by atoms with Gasteiger partial charge in [-0.25, -0.2) is 9.97 Å². The fourth-order valence-electron chi connectivity index (χ4n) is 4.73. The van der Waals surface area contributed by atoms with Crippen molar-refractivity contribution in [2.45, 2.75) is 24.4 Å². The summed E-state index contributed by atoms with van der Waals surface area (Å²) in [4.78, 5) is 13.8. The Hall–Kier alpha value is -1.28. The van der Waals surface area contributed by atoms with E-state index in [9.17, 15) is 5.11 Å². The van der Waals surface area contributed by atoms with E-state index in [1.165, 1.54) is 18.5 Å². The molecule has 1 aliphatic carbocycles. The lowest BCUT2D eigenvalue weighted by Crippen LogP contribution is -2.49. The van der Waals surface area contributed by atoms with Crippen molar-refractivity contribution in [1.29, 1.82) is 0 Å². The molecule has 3 aliphatic heterocycles. The minimum Gasteiger partial charge on any atom is -0.384 e. The topological polar surface area (TPSA) is 71.0 Å². The highest BCUT2D eigenvalue weighted by molar-refractivity contribution is 5.42. The molecule has 26 heavy (non-hydrogen) atoms. The highest BCUT2D eigenvalue weighted by Crippen LogP contribution is 2.40. The maximum absolute atomic E-state index is 10.8. The van der Waals surface area contributed by atoms with Crippen LogP contribution in [0.25, 0.3) is 0 Å². The maximum Gasteiger partial charge on any atom is 0.132 e. The first-order valence-electron chi connectivity index (χ1n) is 9.86. The number of fused-ring (bicyclic) bond motifs is 1. The van der Waals surface area contributed by atoms with Crippen LogP contribution in [-0.2, 0) is 9.47 Å². The molecule has 0 aromatic carbocycles. The molecule has 2 unspecified atom stereocenters. The molecule has 3 saturated heterocycles. The molecular formula is C19H28N4O3. The van der Waals surface area contributed by atoms with Gasteiger partial charge in [0.05, 0.1) is 26.4 Å². The Morgan fingerprint density at radius 1 is 1.04 bits per heavy atom. The van der Waals surface area contributed by atoms with E-state index in [4.69, 9.17) is 9.47 Å². The number of rotatable bonds is 4. The van der Waals surface area contributed by atoms with Gasteiger partial charge < -0.3 is 19.5 Å². The van der Waals surface area contributed by atoms with Crippen molar-refractivity contribution in [3.05, 3.63) is 18.1 Å². The van der Waals surface area contributed by atoms with E-state index < -0.39 is 5.60 Å². The van der Waals surface area contributed by atoms with Crippen molar-refractivity contribution >= 4 is 5.82 Å². The standard InChI is InChI=1S/C19H28N4O3/c24-19(11-25-3-4-26-12-19)10-22-6-15-8-23(9-16(15)7-22)18-5-17(14-1-2-14)20-13-21-18/h5,13-16,24H,1-4,6-12H2. The van der Waals surface area contributed by atoms with Gasteiger partial charge in [-0.05, 0) is 24.7 Å². The number of likely N-dealkylation sites (tertiary alicyclic amines) is 1. The summed E-state index contributed by atoms with van der Waals surface area (Å²) >= 11 is 0. The van der Waals surface area contributed by atoms with Gasteiger partial charge in [0.25, 0.3) is 0 Å². The maximum atomic E-state index is 10.8. The van der Waals surface area contributed by atoms with Gasteiger partial charge in [0.2, 0.25) is 0 Å². The predicted molar refractivity (Wildman–Crippen MR) is 96.2 cm³/mol. The summed E-state index contributed by atoms with van der Waals surface area (Å²) in [5.74, 6) is 3.04. The number of hydrogen-bond donors (Lipinski definition) is 1. The molecule has 4 heterocycles. The zero-order chi connectivity index (χ0) is 17.6. The lowest BCUT2D eigenvalue weighted by atomic mass is 10.0.